The monoisotopic (exact) mass is 111 g/mol. The van der Waals surface area contributed by atoms with Gasteiger partial charge in [-0.2, -0.15) is 0 Å². The molecule has 0 bridgehead atoms. The van der Waals surface area contributed by atoms with E-state index < -0.39 is 0 Å². The summed E-state index contributed by atoms with van der Waals surface area (Å²) >= 11 is 0.215. The molecule has 0 aromatic rings. The van der Waals surface area contributed by atoms with Crippen LogP contribution >= 0.6 is 0 Å². The summed E-state index contributed by atoms with van der Waals surface area (Å²) in [7, 11) is 0. The van der Waals surface area contributed by atoms with Crippen LogP contribution in [0.2, 0.25) is 0 Å². The first-order chi connectivity index (χ1) is 2.41. The van der Waals surface area contributed by atoms with Crippen LogP contribution in [-0.4, -0.2) is 0 Å². The number of nitriles is 2. The molecule has 0 N–H and O–H groups in total. The summed E-state index contributed by atoms with van der Waals surface area (Å²) in [5.74, 6) is 0. The fourth-order valence-electron chi connectivity index (χ4n) is 0.0167. The zero-order valence-corrected chi connectivity index (χ0v) is 3.27. The van der Waals surface area contributed by atoms with E-state index in [-0.39, 0.29) is 14.7 Å². The Bertz CT molecular complexity index is 72.8. The molecule has 0 aliphatic rings. The molecule has 2 nitrogen and oxygen atoms in total. The number of hydrogen-bond donors (Lipinski definition) is 0. The summed E-state index contributed by atoms with van der Waals surface area (Å²) in [6.45, 7) is 0. The Labute approximate surface area is 36.0 Å². The molecule has 0 spiro atoms. The van der Waals surface area contributed by atoms with E-state index in [1.807, 2.05) is 0 Å². The van der Waals surface area contributed by atoms with Crippen molar-refractivity contribution in [3.8, 4) is 10.0 Å². The second kappa shape index (κ2) is 3.49. The molecule has 0 aliphatic heterocycles. The van der Waals surface area contributed by atoms with Gasteiger partial charge in [-0.3, -0.25) is 0 Å². The molecule has 0 unspecified atom stereocenters. The summed E-state index contributed by atoms with van der Waals surface area (Å²) in [4.78, 5) is 0. The Morgan fingerprint density at radius 3 is 1.60 bits per heavy atom. The standard InChI is InChI=1S/2CN.Co/c2*1-2;. The average molecular weight is 111 g/mol. The van der Waals surface area contributed by atoms with Crippen molar-refractivity contribution in [3.63, 3.8) is 0 Å². The summed E-state index contributed by atoms with van der Waals surface area (Å²) < 4.78 is 0. The van der Waals surface area contributed by atoms with Crippen LogP contribution in [0.15, 0.2) is 0 Å². The third-order valence-electron chi connectivity index (χ3n) is 0.0745. The third kappa shape index (κ3) is 3.49. The molecule has 0 fully saturated rings. The quantitative estimate of drug-likeness (QED) is 0.442. The second-order valence-corrected chi connectivity index (χ2v) is 0.958. The molecule has 0 saturated heterocycles. The predicted molar refractivity (Wildman–Crippen MR) is 11.2 cm³/mol. The molecule has 0 aliphatic carbocycles. The van der Waals surface area contributed by atoms with E-state index in [1.54, 1.807) is 10.0 Å². The summed E-state index contributed by atoms with van der Waals surface area (Å²) in [5, 5.41) is 18.4. The molecule has 0 rings (SSSR count). The van der Waals surface area contributed by atoms with Gasteiger partial charge in [-0.1, -0.05) is 0 Å². The normalized spacial score (nSPS) is 5.20. The van der Waals surface area contributed by atoms with Gasteiger partial charge in [0.15, 0.2) is 0 Å². The fraction of sp³-hybridized carbons (Fsp3) is 0. The molecule has 0 amide bonds. The molecule has 0 atom stereocenters. The molecule has 27 valence electrons. The first-order valence-electron chi connectivity index (χ1n) is 0.781. The Morgan fingerprint density at radius 1 is 1.20 bits per heavy atom. The van der Waals surface area contributed by atoms with Crippen LogP contribution in [0.1, 0.15) is 0 Å². The van der Waals surface area contributed by atoms with Crippen molar-refractivity contribution in [1.82, 2.24) is 0 Å². The van der Waals surface area contributed by atoms with Crippen LogP contribution in [-0.2, 0) is 14.7 Å². The van der Waals surface area contributed by atoms with Gasteiger partial charge in [-0.05, 0) is 0 Å². The summed E-state index contributed by atoms with van der Waals surface area (Å²) in [6.07, 6.45) is 0. The molecule has 0 saturated carbocycles. The van der Waals surface area contributed by atoms with E-state index in [2.05, 4.69) is 0 Å². The third-order valence-corrected chi connectivity index (χ3v) is 0.307. The van der Waals surface area contributed by atoms with Gasteiger partial charge < -0.3 is 0 Å². The van der Waals surface area contributed by atoms with E-state index in [4.69, 9.17) is 10.5 Å². The van der Waals surface area contributed by atoms with Crippen LogP contribution in [0.4, 0.5) is 0 Å². The van der Waals surface area contributed by atoms with Gasteiger partial charge in [-0.15, -0.1) is 0 Å². The van der Waals surface area contributed by atoms with Crippen molar-refractivity contribution >= 4 is 0 Å². The molecular formula is C2CoN2. The van der Waals surface area contributed by atoms with Crippen LogP contribution < -0.4 is 0 Å². The van der Waals surface area contributed by atoms with Gasteiger partial charge in [0.1, 0.15) is 0 Å². The maximum absolute atomic E-state index is 7.58. The van der Waals surface area contributed by atoms with Crippen molar-refractivity contribution in [2.45, 2.75) is 0 Å². The molecule has 0 heterocycles. The van der Waals surface area contributed by atoms with E-state index >= 15 is 0 Å². The van der Waals surface area contributed by atoms with Gasteiger partial charge in [0.25, 0.3) is 0 Å². The Morgan fingerprint density at radius 2 is 1.60 bits per heavy atom. The Hall–Kier alpha value is -0.514. The van der Waals surface area contributed by atoms with Crippen molar-refractivity contribution in [2.24, 2.45) is 0 Å². The molecule has 0 radical (unpaired) electrons. The van der Waals surface area contributed by atoms with Gasteiger partial charge in [-0.25, -0.2) is 0 Å². The van der Waals surface area contributed by atoms with Crippen LogP contribution in [0.5, 0.6) is 0 Å². The van der Waals surface area contributed by atoms with E-state index in [0.29, 0.717) is 0 Å². The molecule has 5 heavy (non-hydrogen) atoms. The fourth-order valence-corrected chi connectivity index (χ4v) is 0.0687. The van der Waals surface area contributed by atoms with Gasteiger partial charge in [0, 0.05) is 0 Å². The molecular weight excluding hydrogens is 111 g/mol. The number of nitrogens with zero attached hydrogens (tertiary/aromatic N) is 2. The zero-order chi connectivity index (χ0) is 4.12. The minimum absolute atomic E-state index is 0.215. The van der Waals surface area contributed by atoms with Crippen LogP contribution in [0, 0.1) is 20.5 Å². The Balaban J connectivity index is 2.86. The van der Waals surface area contributed by atoms with Gasteiger partial charge in [0.2, 0.25) is 0 Å². The van der Waals surface area contributed by atoms with Crippen molar-refractivity contribution in [1.29, 1.82) is 10.5 Å². The maximum atomic E-state index is 7.58. The predicted octanol–water partition coefficient (Wildman–Crippen LogP) is 0.0311. The number of rotatable bonds is 0. The summed E-state index contributed by atoms with van der Waals surface area (Å²) in [6, 6.07) is 0. The number of hydrogen-bond acceptors (Lipinski definition) is 2. The minimum atomic E-state index is 0.215. The van der Waals surface area contributed by atoms with Crippen molar-refractivity contribution in [2.75, 3.05) is 0 Å². The van der Waals surface area contributed by atoms with Crippen molar-refractivity contribution < 1.29 is 14.7 Å². The Kier molecular flexibility index (Phi) is 3.13. The van der Waals surface area contributed by atoms with E-state index in [0.717, 1.165) is 0 Å². The molecule has 0 aromatic carbocycles. The summed E-state index contributed by atoms with van der Waals surface area (Å²) in [5.41, 5.74) is 0. The van der Waals surface area contributed by atoms with Gasteiger partial charge >= 0.3 is 35.2 Å². The first kappa shape index (κ1) is 4.49. The first-order valence-corrected chi connectivity index (χ1v) is 1.82. The zero-order valence-electron chi connectivity index (χ0n) is 2.23. The second-order valence-electron chi connectivity index (χ2n) is 0.232. The molecule has 0 aromatic heterocycles. The topological polar surface area (TPSA) is 47.6 Å². The van der Waals surface area contributed by atoms with Crippen LogP contribution in [0.3, 0.4) is 0 Å². The molecule has 3 heteroatoms. The van der Waals surface area contributed by atoms with Gasteiger partial charge in [0.05, 0.1) is 0 Å². The van der Waals surface area contributed by atoms with E-state index in [1.165, 1.54) is 0 Å². The SMILES string of the molecule is N#[C][Co][C]#N. The van der Waals surface area contributed by atoms with Crippen LogP contribution in [0.25, 0.3) is 0 Å². The van der Waals surface area contributed by atoms with E-state index in [9.17, 15) is 0 Å². The van der Waals surface area contributed by atoms with Crippen molar-refractivity contribution in [3.05, 3.63) is 0 Å². The average Bonchev–Trinajstić information content (AvgIpc) is 1.41.